The van der Waals surface area contributed by atoms with Crippen molar-refractivity contribution in [3.8, 4) is 0 Å². The Balaban J connectivity index is 2.08. The smallest absolute Gasteiger partial charge is 0.283 e. The molecule has 0 fully saturated rings. The van der Waals surface area contributed by atoms with Gasteiger partial charge in [-0.25, -0.2) is 0 Å². The van der Waals surface area contributed by atoms with Gasteiger partial charge in [-0.3, -0.25) is 14.8 Å². The van der Waals surface area contributed by atoms with Gasteiger partial charge in [0.2, 0.25) is 0 Å². The van der Waals surface area contributed by atoms with Gasteiger partial charge in [0.25, 0.3) is 5.69 Å². The predicted octanol–water partition coefficient (Wildman–Crippen LogP) is 3.10. The molecule has 1 aromatic heterocycles. The highest BCUT2D eigenvalue weighted by molar-refractivity contribution is 9.10. The van der Waals surface area contributed by atoms with Gasteiger partial charge in [-0.2, -0.15) is 5.10 Å². The summed E-state index contributed by atoms with van der Waals surface area (Å²) in [5.74, 6) is 0. The van der Waals surface area contributed by atoms with E-state index < -0.39 is 4.92 Å². The van der Waals surface area contributed by atoms with E-state index in [0.717, 1.165) is 30.6 Å². The first-order valence-electron chi connectivity index (χ1n) is 6.75. The molecular weight excluding hydrogens is 336 g/mol. The topological polar surface area (TPSA) is 73.0 Å². The lowest BCUT2D eigenvalue weighted by molar-refractivity contribution is -0.385. The van der Waals surface area contributed by atoms with Crippen LogP contribution in [0.2, 0.25) is 0 Å². The van der Waals surface area contributed by atoms with E-state index in [1.54, 1.807) is 10.7 Å². The first-order valence-corrected chi connectivity index (χ1v) is 7.55. The van der Waals surface area contributed by atoms with Crippen LogP contribution in [0, 0.1) is 10.1 Å². The van der Waals surface area contributed by atoms with Gasteiger partial charge in [-0.1, -0.05) is 19.1 Å². The zero-order valence-corrected chi connectivity index (χ0v) is 13.3. The number of rotatable bonds is 7. The number of hydrogen-bond donors (Lipinski definition) is 1. The van der Waals surface area contributed by atoms with E-state index in [1.165, 1.54) is 6.07 Å². The largest absolute Gasteiger partial charge is 0.313 e. The second-order valence-electron chi connectivity index (χ2n) is 4.73. The van der Waals surface area contributed by atoms with Gasteiger partial charge in [0.1, 0.15) is 4.47 Å². The van der Waals surface area contributed by atoms with Crippen LogP contribution in [0.1, 0.15) is 24.5 Å². The average Bonchev–Trinajstić information content (AvgIpc) is 2.89. The third-order valence-corrected chi connectivity index (χ3v) is 3.95. The molecule has 0 aliphatic heterocycles. The maximum atomic E-state index is 10.9. The van der Waals surface area contributed by atoms with Crippen molar-refractivity contribution in [2.24, 2.45) is 0 Å². The first kappa shape index (κ1) is 15.7. The van der Waals surface area contributed by atoms with E-state index in [4.69, 9.17) is 0 Å². The Morgan fingerprint density at radius 3 is 3.00 bits per heavy atom. The van der Waals surface area contributed by atoms with Gasteiger partial charge in [-0.15, -0.1) is 0 Å². The molecule has 0 bridgehead atoms. The van der Waals surface area contributed by atoms with Crippen molar-refractivity contribution in [1.29, 1.82) is 0 Å². The third-order valence-electron chi connectivity index (χ3n) is 3.03. The van der Waals surface area contributed by atoms with E-state index in [2.05, 4.69) is 33.3 Å². The Hall–Kier alpha value is -1.73. The van der Waals surface area contributed by atoms with Gasteiger partial charge >= 0.3 is 0 Å². The van der Waals surface area contributed by atoms with Gasteiger partial charge in [-0.05, 0) is 34.5 Å². The summed E-state index contributed by atoms with van der Waals surface area (Å²) in [7, 11) is 0. The standard InChI is InChI=1S/C14H17BrN4O2/c1-2-6-16-7-11-8-17-18(9-11)10-12-4-3-5-13(14(12)15)19(20)21/h3-5,8-9,16H,2,6-7,10H2,1H3. The van der Waals surface area contributed by atoms with Crippen molar-refractivity contribution in [2.45, 2.75) is 26.4 Å². The summed E-state index contributed by atoms with van der Waals surface area (Å²) in [5.41, 5.74) is 2.01. The normalized spacial score (nSPS) is 10.8. The number of nitro benzene ring substituents is 1. The fourth-order valence-electron chi connectivity index (χ4n) is 2.00. The molecular formula is C14H17BrN4O2. The molecule has 0 radical (unpaired) electrons. The molecule has 2 rings (SSSR count). The van der Waals surface area contributed by atoms with Gasteiger partial charge < -0.3 is 5.32 Å². The highest BCUT2D eigenvalue weighted by atomic mass is 79.9. The minimum atomic E-state index is -0.392. The van der Waals surface area contributed by atoms with E-state index >= 15 is 0 Å². The van der Waals surface area contributed by atoms with E-state index in [0.29, 0.717) is 11.0 Å². The molecule has 0 saturated heterocycles. The number of halogens is 1. The Kier molecular flexibility index (Phi) is 5.46. The van der Waals surface area contributed by atoms with E-state index in [1.807, 2.05) is 18.5 Å². The van der Waals surface area contributed by atoms with Gasteiger partial charge in [0, 0.05) is 24.4 Å². The van der Waals surface area contributed by atoms with E-state index in [-0.39, 0.29) is 5.69 Å². The molecule has 1 aromatic carbocycles. The van der Waals surface area contributed by atoms with Crippen molar-refractivity contribution in [2.75, 3.05) is 6.54 Å². The minimum Gasteiger partial charge on any atom is -0.313 e. The SMILES string of the molecule is CCCNCc1cnn(Cc2cccc([N+](=O)[O-])c2Br)c1. The molecule has 0 saturated carbocycles. The van der Waals surface area contributed by atoms with Crippen molar-refractivity contribution < 1.29 is 4.92 Å². The molecule has 1 N–H and O–H groups in total. The number of hydrogen-bond acceptors (Lipinski definition) is 4. The second-order valence-corrected chi connectivity index (χ2v) is 5.52. The molecule has 112 valence electrons. The predicted molar refractivity (Wildman–Crippen MR) is 84.1 cm³/mol. The van der Waals surface area contributed by atoms with Crippen LogP contribution < -0.4 is 5.32 Å². The molecule has 0 atom stereocenters. The number of nitro groups is 1. The minimum absolute atomic E-state index is 0.0736. The first-order chi connectivity index (χ1) is 10.1. The molecule has 6 nitrogen and oxygen atoms in total. The summed E-state index contributed by atoms with van der Waals surface area (Å²) < 4.78 is 2.29. The van der Waals surface area contributed by atoms with Crippen molar-refractivity contribution in [3.63, 3.8) is 0 Å². The quantitative estimate of drug-likeness (QED) is 0.472. The van der Waals surface area contributed by atoms with Gasteiger partial charge in [0.05, 0.1) is 17.7 Å². The zero-order chi connectivity index (χ0) is 15.2. The molecule has 1 heterocycles. The molecule has 21 heavy (non-hydrogen) atoms. The Morgan fingerprint density at radius 2 is 2.29 bits per heavy atom. The Morgan fingerprint density at radius 1 is 1.48 bits per heavy atom. The fourth-order valence-corrected chi connectivity index (χ4v) is 2.53. The molecule has 0 amide bonds. The van der Waals surface area contributed by atoms with Crippen LogP contribution in [-0.4, -0.2) is 21.2 Å². The van der Waals surface area contributed by atoms with Crippen LogP contribution >= 0.6 is 15.9 Å². The number of aromatic nitrogens is 2. The lowest BCUT2D eigenvalue weighted by Crippen LogP contribution is -2.13. The molecule has 7 heteroatoms. The number of nitrogens with zero attached hydrogens (tertiary/aromatic N) is 3. The summed E-state index contributed by atoms with van der Waals surface area (Å²) >= 11 is 3.30. The molecule has 0 spiro atoms. The van der Waals surface area contributed by atoms with Crippen LogP contribution in [0.25, 0.3) is 0 Å². The van der Waals surface area contributed by atoms with Gasteiger partial charge in [0.15, 0.2) is 0 Å². The van der Waals surface area contributed by atoms with Crippen LogP contribution in [0.4, 0.5) is 5.69 Å². The van der Waals surface area contributed by atoms with Crippen LogP contribution in [0.15, 0.2) is 35.1 Å². The summed E-state index contributed by atoms with van der Waals surface area (Å²) in [6.45, 7) is 4.37. The van der Waals surface area contributed by atoms with Crippen LogP contribution in [0.3, 0.4) is 0 Å². The van der Waals surface area contributed by atoms with Crippen molar-refractivity contribution in [3.05, 3.63) is 56.3 Å². The third kappa shape index (κ3) is 4.12. The summed E-state index contributed by atoms with van der Waals surface area (Å²) in [6, 6.07) is 5.02. The van der Waals surface area contributed by atoms with Crippen molar-refractivity contribution in [1.82, 2.24) is 15.1 Å². The highest BCUT2D eigenvalue weighted by Gasteiger charge is 2.15. The number of benzene rings is 1. The summed E-state index contributed by atoms with van der Waals surface area (Å²) in [6.07, 6.45) is 4.86. The van der Waals surface area contributed by atoms with Crippen LogP contribution in [0.5, 0.6) is 0 Å². The maximum absolute atomic E-state index is 10.9. The Labute approximate surface area is 131 Å². The Bertz CT molecular complexity index is 627. The molecule has 0 aliphatic carbocycles. The molecule has 0 aliphatic rings. The van der Waals surface area contributed by atoms with E-state index in [9.17, 15) is 10.1 Å². The monoisotopic (exact) mass is 352 g/mol. The number of nitrogens with one attached hydrogen (secondary N) is 1. The highest BCUT2D eigenvalue weighted by Crippen LogP contribution is 2.28. The fraction of sp³-hybridized carbons (Fsp3) is 0.357. The summed E-state index contributed by atoms with van der Waals surface area (Å²) in [4.78, 5) is 10.5. The summed E-state index contributed by atoms with van der Waals surface area (Å²) in [5, 5.41) is 18.5. The molecule has 0 unspecified atom stereocenters. The second kappa shape index (κ2) is 7.33. The molecule has 2 aromatic rings. The lowest BCUT2D eigenvalue weighted by Gasteiger charge is -2.05. The van der Waals surface area contributed by atoms with Crippen LogP contribution in [-0.2, 0) is 13.1 Å². The lowest BCUT2D eigenvalue weighted by atomic mass is 10.2. The van der Waals surface area contributed by atoms with Crippen molar-refractivity contribution >= 4 is 21.6 Å². The zero-order valence-electron chi connectivity index (χ0n) is 11.8. The maximum Gasteiger partial charge on any atom is 0.283 e. The average molecular weight is 353 g/mol.